The zero-order valence-electron chi connectivity index (χ0n) is 11.8. The number of carbonyl (C=O) groups excluding carboxylic acids is 2. The van der Waals surface area contributed by atoms with Crippen molar-refractivity contribution in [3.05, 3.63) is 35.9 Å². The average molecular weight is 294 g/mol. The van der Waals surface area contributed by atoms with Crippen LogP contribution in [0.4, 0.5) is 4.79 Å². The SMILES string of the molecule is C[C@H](NC(=O)[C@@H](C)NC(=O)OCc1ccccc1)C(=O)O. The van der Waals surface area contributed by atoms with E-state index in [1.807, 2.05) is 18.2 Å². The number of benzene rings is 1. The molecule has 1 rings (SSSR count). The highest BCUT2D eigenvalue weighted by Crippen LogP contribution is 2.00. The normalized spacial score (nSPS) is 12.9. The van der Waals surface area contributed by atoms with Crippen LogP contribution in [0.25, 0.3) is 0 Å². The number of amides is 2. The fraction of sp³-hybridized carbons (Fsp3) is 0.357. The van der Waals surface area contributed by atoms with Crippen LogP contribution in [0.5, 0.6) is 0 Å². The maximum atomic E-state index is 11.6. The van der Waals surface area contributed by atoms with Gasteiger partial charge in [-0.05, 0) is 19.4 Å². The molecule has 0 radical (unpaired) electrons. The van der Waals surface area contributed by atoms with Crippen LogP contribution in [0.3, 0.4) is 0 Å². The van der Waals surface area contributed by atoms with E-state index in [1.54, 1.807) is 12.1 Å². The second kappa shape index (κ2) is 7.88. The van der Waals surface area contributed by atoms with Gasteiger partial charge in [0.1, 0.15) is 18.7 Å². The molecular formula is C14H18N2O5. The lowest BCUT2D eigenvalue weighted by atomic mass is 10.2. The molecule has 7 heteroatoms. The fourth-order valence-electron chi connectivity index (χ4n) is 1.41. The van der Waals surface area contributed by atoms with Crippen LogP contribution in [0.1, 0.15) is 19.4 Å². The summed E-state index contributed by atoms with van der Waals surface area (Å²) < 4.78 is 4.95. The number of nitrogens with one attached hydrogen (secondary N) is 2. The molecule has 2 atom stereocenters. The van der Waals surface area contributed by atoms with Crippen LogP contribution >= 0.6 is 0 Å². The third-order valence-corrected chi connectivity index (χ3v) is 2.67. The molecule has 1 aromatic carbocycles. The molecule has 2 amide bonds. The largest absolute Gasteiger partial charge is 0.480 e. The Labute approximate surface area is 122 Å². The molecule has 0 saturated heterocycles. The van der Waals surface area contributed by atoms with E-state index in [0.29, 0.717) is 0 Å². The minimum Gasteiger partial charge on any atom is -0.480 e. The fourth-order valence-corrected chi connectivity index (χ4v) is 1.41. The van der Waals surface area contributed by atoms with Gasteiger partial charge in [-0.2, -0.15) is 0 Å². The monoisotopic (exact) mass is 294 g/mol. The Bertz CT molecular complexity index is 503. The third kappa shape index (κ3) is 5.94. The van der Waals surface area contributed by atoms with Crippen molar-refractivity contribution in [1.82, 2.24) is 10.6 Å². The lowest BCUT2D eigenvalue weighted by Crippen LogP contribution is -2.49. The Balaban J connectivity index is 2.36. The second-order valence-electron chi connectivity index (χ2n) is 4.50. The van der Waals surface area contributed by atoms with Crippen molar-refractivity contribution in [2.45, 2.75) is 32.5 Å². The number of hydrogen-bond acceptors (Lipinski definition) is 4. The molecule has 7 nitrogen and oxygen atoms in total. The van der Waals surface area contributed by atoms with E-state index in [-0.39, 0.29) is 6.61 Å². The molecule has 0 aliphatic rings. The smallest absolute Gasteiger partial charge is 0.408 e. The van der Waals surface area contributed by atoms with Crippen molar-refractivity contribution >= 4 is 18.0 Å². The topological polar surface area (TPSA) is 105 Å². The lowest BCUT2D eigenvalue weighted by molar-refractivity contribution is -0.141. The molecule has 21 heavy (non-hydrogen) atoms. The number of carbonyl (C=O) groups is 3. The van der Waals surface area contributed by atoms with Gasteiger partial charge in [-0.25, -0.2) is 4.79 Å². The number of alkyl carbamates (subject to hydrolysis) is 1. The molecular weight excluding hydrogens is 276 g/mol. The van der Waals surface area contributed by atoms with Crippen LogP contribution in [0.15, 0.2) is 30.3 Å². The maximum Gasteiger partial charge on any atom is 0.408 e. The van der Waals surface area contributed by atoms with Gasteiger partial charge in [0.15, 0.2) is 0 Å². The molecule has 3 N–H and O–H groups in total. The first-order valence-electron chi connectivity index (χ1n) is 6.40. The zero-order valence-corrected chi connectivity index (χ0v) is 11.8. The molecule has 114 valence electrons. The van der Waals surface area contributed by atoms with Crippen molar-refractivity contribution < 1.29 is 24.2 Å². The molecule has 1 aromatic rings. The number of aliphatic carboxylic acids is 1. The predicted octanol–water partition coefficient (Wildman–Crippen LogP) is 0.891. The molecule has 0 saturated carbocycles. The van der Waals surface area contributed by atoms with Gasteiger partial charge in [0.2, 0.25) is 5.91 Å². The Morgan fingerprint density at radius 2 is 1.71 bits per heavy atom. The van der Waals surface area contributed by atoms with Crippen LogP contribution in [-0.4, -0.2) is 35.2 Å². The highest BCUT2D eigenvalue weighted by atomic mass is 16.5. The van der Waals surface area contributed by atoms with Gasteiger partial charge in [0, 0.05) is 0 Å². The van der Waals surface area contributed by atoms with E-state index in [2.05, 4.69) is 10.6 Å². The highest BCUT2D eigenvalue weighted by Gasteiger charge is 2.20. The summed E-state index contributed by atoms with van der Waals surface area (Å²) in [4.78, 5) is 33.8. The second-order valence-corrected chi connectivity index (χ2v) is 4.50. The number of carboxylic acid groups (broad SMARTS) is 1. The minimum atomic E-state index is -1.15. The van der Waals surface area contributed by atoms with Crippen LogP contribution in [0, 0.1) is 0 Å². The molecule has 0 fully saturated rings. The van der Waals surface area contributed by atoms with Gasteiger partial charge in [-0.15, -0.1) is 0 Å². The van der Waals surface area contributed by atoms with E-state index in [1.165, 1.54) is 13.8 Å². The number of hydrogen-bond donors (Lipinski definition) is 3. The molecule has 0 spiro atoms. The molecule has 0 heterocycles. The quantitative estimate of drug-likeness (QED) is 0.722. The molecule has 0 unspecified atom stereocenters. The number of rotatable bonds is 6. The minimum absolute atomic E-state index is 0.0898. The molecule has 0 aliphatic heterocycles. The summed E-state index contributed by atoms with van der Waals surface area (Å²) in [5.74, 6) is -1.75. The van der Waals surface area contributed by atoms with E-state index in [9.17, 15) is 14.4 Å². The van der Waals surface area contributed by atoms with Crippen molar-refractivity contribution in [3.8, 4) is 0 Å². The van der Waals surface area contributed by atoms with Crippen molar-refractivity contribution in [3.63, 3.8) is 0 Å². The first-order valence-corrected chi connectivity index (χ1v) is 6.40. The van der Waals surface area contributed by atoms with Gasteiger partial charge in [-0.1, -0.05) is 30.3 Å². The summed E-state index contributed by atoms with van der Waals surface area (Å²) >= 11 is 0. The lowest BCUT2D eigenvalue weighted by Gasteiger charge is -2.16. The Morgan fingerprint density at radius 1 is 1.10 bits per heavy atom. The maximum absolute atomic E-state index is 11.6. The summed E-state index contributed by atoms with van der Waals surface area (Å²) in [5.41, 5.74) is 0.823. The van der Waals surface area contributed by atoms with Gasteiger partial charge >= 0.3 is 12.1 Å². The summed E-state index contributed by atoms with van der Waals surface area (Å²) in [6, 6.07) is 7.17. The van der Waals surface area contributed by atoms with Gasteiger partial charge in [0.25, 0.3) is 0 Å². The first kappa shape index (κ1) is 16.5. The first-order chi connectivity index (χ1) is 9.90. The molecule has 0 aromatic heterocycles. The zero-order chi connectivity index (χ0) is 15.8. The summed E-state index contributed by atoms with van der Waals surface area (Å²) in [6.07, 6.45) is -0.746. The Morgan fingerprint density at radius 3 is 2.29 bits per heavy atom. The average Bonchev–Trinajstić information content (AvgIpc) is 2.45. The predicted molar refractivity (Wildman–Crippen MR) is 74.5 cm³/mol. The van der Waals surface area contributed by atoms with Crippen LogP contribution in [0.2, 0.25) is 0 Å². The number of carboxylic acids is 1. The van der Waals surface area contributed by atoms with E-state index < -0.39 is 30.1 Å². The Hall–Kier alpha value is -2.57. The van der Waals surface area contributed by atoms with Crippen LogP contribution < -0.4 is 10.6 Å². The van der Waals surface area contributed by atoms with Crippen molar-refractivity contribution in [1.29, 1.82) is 0 Å². The third-order valence-electron chi connectivity index (χ3n) is 2.67. The van der Waals surface area contributed by atoms with Gasteiger partial charge in [-0.3, -0.25) is 9.59 Å². The van der Waals surface area contributed by atoms with Crippen molar-refractivity contribution in [2.24, 2.45) is 0 Å². The summed E-state index contributed by atoms with van der Waals surface area (Å²) in [5, 5.41) is 13.3. The number of ether oxygens (including phenoxy) is 1. The molecule has 0 bridgehead atoms. The summed E-state index contributed by atoms with van der Waals surface area (Å²) in [6.45, 7) is 2.86. The Kier molecular flexibility index (Phi) is 6.19. The van der Waals surface area contributed by atoms with Crippen LogP contribution in [-0.2, 0) is 20.9 Å². The molecule has 0 aliphatic carbocycles. The van der Waals surface area contributed by atoms with E-state index >= 15 is 0 Å². The van der Waals surface area contributed by atoms with E-state index in [4.69, 9.17) is 9.84 Å². The van der Waals surface area contributed by atoms with Crippen molar-refractivity contribution in [2.75, 3.05) is 0 Å². The van der Waals surface area contributed by atoms with Gasteiger partial charge in [0.05, 0.1) is 0 Å². The summed E-state index contributed by atoms with van der Waals surface area (Å²) in [7, 11) is 0. The van der Waals surface area contributed by atoms with E-state index in [0.717, 1.165) is 5.56 Å². The standard InChI is InChI=1S/C14H18N2O5/c1-9(12(17)15-10(2)13(18)19)16-14(20)21-8-11-6-4-3-5-7-11/h3-7,9-10H,8H2,1-2H3,(H,15,17)(H,16,20)(H,18,19)/t9-,10+/m1/s1. The highest BCUT2D eigenvalue weighted by molar-refractivity contribution is 5.88. The van der Waals surface area contributed by atoms with Gasteiger partial charge < -0.3 is 20.5 Å².